The van der Waals surface area contributed by atoms with E-state index in [4.69, 9.17) is 14.3 Å². The Morgan fingerprint density at radius 3 is 2.59 bits per heavy atom. The highest BCUT2D eigenvalue weighted by molar-refractivity contribution is 6.06. The fraction of sp³-hybridized carbons (Fsp3) is 0.250. The Bertz CT molecular complexity index is 907. The number of benzene rings is 2. The molecule has 27 heavy (non-hydrogen) atoms. The maximum absolute atomic E-state index is 12.5. The van der Waals surface area contributed by atoms with Gasteiger partial charge in [0, 0.05) is 23.2 Å². The lowest BCUT2D eigenvalue weighted by molar-refractivity contribution is -0.125. The Morgan fingerprint density at radius 2 is 1.89 bits per heavy atom. The standard InChI is InChI=1S/C20H20N2O5/c1-12(23)13-5-4-6-15(9-13)21-20(24)19-11-16(22-27-19)14-7-8-17(25-2)18(10-14)26-3/h4-10,19H,11H2,1-3H3,(H,21,24). The second kappa shape index (κ2) is 7.90. The van der Waals surface area contributed by atoms with Crippen molar-refractivity contribution >= 4 is 23.1 Å². The van der Waals surface area contributed by atoms with Gasteiger partial charge in [0.05, 0.1) is 19.9 Å². The number of oxime groups is 1. The molecular weight excluding hydrogens is 348 g/mol. The average Bonchev–Trinajstić information content (AvgIpc) is 3.18. The van der Waals surface area contributed by atoms with Gasteiger partial charge < -0.3 is 19.6 Å². The Hall–Kier alpha value is -3.35. The number of ether oxygens (including phenoxy) is 2. The van der Waals surface area contributed by atoms with Crippen molar-refractivity contribution in [1.82, 2.24) is 0 Å². The third kappa shape index (κ3) is 4.08. The van der Waals surface area contributed by atoms with Crippen LogP contribution in [0.4, 0.5) is 5.69 Å². The van der Waals surface area contributed by atoms with Gasteiger partial charge in [0.15, 0.2) is 17.3 Å². The normalized spacial score (nSPS) is 15.5. The quantitative estimate of drug-likeness (QED) is 0.792. The maximum atomic E-state index is 12.5. The average molecular weight is 368 g/mol. The molecule has 1 N–H and O–H groups in total. The molecule has 1 aliphatic rings. The minimum atomic E-state index is -0.742. The molecule has 0 bridgehead atoms. The summed E-state index contributed by atoms with van der Waals surface area (Å²) in [6.45, 7) is 1.48. The van der Waals surface area contributed by atoms with Crippen LogP contribution in [0.5, 0.6) is 11.5 Å². The van der Waals surface area contributed by atoms with E-state index in [0.717, 1.165) is 5.56 Å². The number of ketones is 1. The van der Waals surface area contributed by atoms with Crippen LogP contribution in [0.15, 0.2) is 47.6 Å². The van der Waals surface area contributed by atoms with Crippen LogP contribution in [0.2, 0.25) is 0 Å². The van der Waals surface area contributed by atoms with Crippen LogP contribution in [0.1, 0.15) is 29.3 Å². The lowest BCUT2D eigenvalue weighted by Gasteiger charge is -2.11. The molecule has 2 aromatic rings. The second-order valence-corrected chi connectivity index (χ2v) is 6.03. The van der Waals surface area contributed by atoms with E-state index in [1.807, 2.05) is 6.07 Å². The molecule has 7 nitrogen and oxygen atoms in total. The molecule has 0 spiro atoms. The van der Waals surface area contributed by atoms with Crippen molar-refractivity contribution in [3.8, 4) is 11.5 Å². The van der Waals surface area contributed by atoms with Crippen molar-refractivity contribution in [2.75, 3.05) is 19.5 Å². The van der Waals surface area contributed by atoms with Gasteiger partial charge in [-0.05, 0) is 37.3 Å². The smallest absolute Gasteiger partial charge is 0.268 e. The molecule has 0 saturated heterocycles. The molecule has 7 heteroatoms. The highest BCUT2D eigenvalue weighted by Crippen LogP contribution is 2.29. The number of methoxy groups -OCH3 is 2. The van der Waals surface area contributed by atoms with Gasteiger partial charge >= 0.3 is 0 Å². The number of hydrogen-bond donors (Lipinski definition) is 1. The molecule has 3 rings (SSSR count). The van der Waals surface area contributed by atoms with Gasteiger partial charge in [-0.2, -0.15) is 0 Å². The summed E-state index contributed by atoms with van der Waals surface area (Å²) in [4.78, 5) is 29.2. The van der Waals surface area contributed by atoms with E-state index in [2.05, 4.69) is 10.5 Å². The van der Waals surface area contributed by atoms with Crippen molar-refractivity contribution in [3.05, 3.63) is 53.6 Å². The maximum Gasteiger partial charge on any atom is 0.268 e. The first-order chi connectivity index (χ1) is 13.0. The van der Waals surface area contributed by atoms with E-state index in [9.17, 15) is 9.59 Å². The van der Waals surface area contributed by atoms with Gasteiger partial charge in [-0.3, -0.25) is 9.59 Å². The summed E-state index contributed by atoms with van der Waals surface area (Å²) in [5.74, 6) is 0.796. The number of nitrogens with zero attached hydrogens (tertiary/aromatic N) is 1. The summed E-state index contributed by atoms with van der Waals surface area (Å²) < 4.78 is 10.5. The topological polar surface area (TPSA) is 86.2 Å². The number of anilines is 1. The number of carbonyl (C=O) groups is 2. The number of carbonyl (C=O) groups excluding carboxylic acids is 2. The van der Waals surface area contributed by atoms with Crippen molar-refractivity contribution in [2.24, 2.45) is 5.16 Å². The van der Waals surface area contributed by atoms with Crippen LogP contribution in [0, 0.1) is 0 Å². The SMILES string of the molecule is COc1ccc(C2=NOC(C(=O)Nc3cccc(C(C)=O)c3)C2)cc1OC. The zero-order valence-electron chi connectivity index (χ0n) is 15.3. The Kier molecular flexibility index (Phi) is 5.40. The first kappa shape index (κ1) is 18.4. The molecule has 2 aromatic carbocycles. The monoisotopic (exact) mass is 368 g/mol. The van der Waals surface area contributed by atoms with E-state index < -0.39 is 6.10 Å². The van der Waals surface area contributed by atoms with Gasteiger partial charge in [0.2, 0.25) is 6.10 Å². The Labute approximate surface area is 156 Å². The Morgan fingerprint density at radius 1 is 1.11 bits per heavy atom. The first-order valence-corrected chi connectivity index (χ1v) is 8.38. The van der Waals surface area contributed by atoms with Crippen LogP contribution in [-0.4, -0.2) is 37.7 Å². The number of hydrogen-bond acceptors (Lipinski definition) is 6. The van der Waals surface area contributed by atoms with E-state index in [0.29, 0.717) is 34.9 Å². The molecule has 1 atom stereocenters. The highest BCUT2D eigenvalue weighted by atomic mass is 16.6. The van der Waals surface area contributed by atoms with Gasteiger partial charge in [0.25, 0.3) is 5.91 Å². The summed E-state index contributed by atoms with van der Waals surface area (Å²) in [5, 5.41) is 6.79. The highest BCUT2D eigenvalue weighted by Gasteiger charge is 2.29. The van der Waals surface area contributed by atoms with E-state index in [1.54, 1.807) is 50.6 Å². The third-order valence-electron chi connectivity index (χ3n) is 4.21. The number of rotatable bonds is 6. The zero-order valence-corrected chi connectivity index (χ0v) is 15.3. The summed E-state index contributed by atoms with van der Waals surface area (Å²) in [5.41, 5.74) is 2.51. The minimum absolute atomic E-state index is 0.0673. The predicted octanol–water partition coefficient (Wildman–Crippen LogP) is 3.04. The molecule has 1 aliphatic heterocycles. The molecule has 0 aliphatic carbocycles. The number of Topliss-reactive ketones (excluding diaryl/α,β-unsaturated/α-hetero) is 1. The predicted molar refractivity (Wildman–Crippen MR) is 101 cm³/mol. The van der Waals surface area contributed by atoms with Gasteiger partial charge in [-0.25, -0.2) is 0 Å². The fourth-order valence-electron chi connectivity index (χ4n) is 2.74. The van der Waals surface area contributed by atoms with Crippen molar-refractivity contribution in [1.29, 1.82) is 0 Å². The molecule has 0 aromatic heterocycles. The van der Waals surface area contributed by atoms with E-state index in [-0.39, 0.29) is 11.7 Å². The molecule has 1 unspecified atom stereocenters. The summed E-state index contributed by atoms with van der Waals surface area (Å²) in [7, 11) is 3.12. The van der Waals surface area contributed by atoms with Crippen molar-refractivity contribution in [2.45, 2.75) is 19.4 Å². The first-order valence-electron chi connectivity index (χ1n) is 8.38. The molecule has 0 fully saturated rings. The third-order valence-corrected chi connectivity index (χ3v) is 4.21. The van der Waals surface area contributed by atoms with Crippen LogP contribution < -0.4 is 14.8 Å². The van der Waals surface area contributed by atoms with Crippen LogP contribution >= 0.6 is 0 Å². The summed E-state index contributed by atoms with van der Waals surface area (Å²) >= 11 is 0. The minimum Gasteiger partial charge on any atom is -0.493 e. The summed E-state index contributed by atoms with van der Waals surface area (Å²) in [6.07, 6.45) is -0.414. The van der Waals surface area contributed by atoms with E-state index in [1.165, 1.54) is 6.92 Å². The van der Waals surface area contributed by atoms with Crippen LogP contribution in [-0.2, 0) is 9.63 Å². The van der Waals surface area contributed by atoms with Crippen molar-refractivity contribution in [3.63, 3.8) is 0 Å². The molecule has 0 radical (unpaired) electrons. The van der Waals surface area contributed by atoms with Gasteiger partial charge in [-0.1, -0.05) is 17.3 Å². The summed E-state index contributed by atoms with van der Waals surface area (Å²) in [6, 6.07) is 12.2. The lowest BCUT2D eigenvalue weighted by Crippen LogP contribution is -2.28. The second-order valence-electron chi connectivity index (χ2n) is 6.03. The molecule has 1 heterocycles. The number of amides is 1. The van der Waals surface area contributed by atoms with Crippen LogP contribution in [0.25, 0.3) is 0 Å². The molecular formula is C20H20N2O5. The fourth-order valence-corrected chi connectivity index (χ4v) is 2.74. The Balaban J connectivity index is 1.67. The molecule has 1 amide bonds. The largest absolute Gasteiger partial charge is 0.493 e. The van der Waals surface area contributed by atoms with Gasteiger partial charge in [0.1, 0.15) is 0 Å². The number of nitrogens with one attached hydrogen (secondary N) is 1. The zero-order chi connectivity index (χ0) is 19.4. The van der Waals surface area contributed by atoms with Crippen molar-refractivity contribution < 1.29 is 23.9 Å². The molecule has 140 valence electrons. The lowest BCUT2D eigenvalue weighted by atomic mass is 10.0. The molecule has 0 saturated carbocycles. The van der Waals surface area contributed by atoms with Gasteiger partial charge in [-0.15, -0.1) is 0 Å². The van der Waals surface area contributed by atoms with E-state index >= 15 is 0 Å². The van der Waals surface area contributed by atoms with Crippen LogP contribution in [0.3, 0.4) is 0 Å².